The number of nitrogens with one attached hydrogen (secondary N) is 2. The number of carbonyl (C=O) groups excluding carboxylic acids is 1. The van der Waals surface area contributed by atoms with Gasteiger partial charge in [0.25, 0.3) is 5.91 Å². The van der Waals surface area contributed by atoms with Crippen molar-refractivity contribution >= 4 is 15.9 Å². The van der Waals surface area contributed by atoms with Crippen LogP contribution in [0.3, 0.4) is 0 Å². The fraction of sp³-hybridized carbons (Fsp3) is 0.320. The largest absolute Gasteiger partial charge is 0.497 e. The minimum atomic E-state index is -3.72. The number of nitrogens with zero attached hydrogens (tertiary/aromatic N) is 1. The molecule has 2 N–H and O–H groups in total. The van der Waals surface area contributed by atoms with Gasteiger partial charge in [0.2, 0.25) is 10.0 Å². The highest BCUT2D eigenvalue weighted by Gasteiger charge is 2.24. The van der Waals surface area contributed by atoms with Crippen molar-refractivity contribution in [2.75, 3.05) is 26.7 Å². The molecule has 4 rings (SSSR count). The lowest BCUT2D eigenvalue weighted by atomic mass is 10.0. The van der Waals surface area contributed by atoms with E-state index in [9.17, 15) is 13.2 Å². The Hall–Kier alpha value is -3.14. The van der Waals surface area contributed by atoms with Gasteiger partial charge in [-0.15, -0.1) is 0 Å². The van der Waals surface area contributed by atoms with Crippen molar-refractivity contribution in [2.45, 2.75) is 30.3 Å². The summed E-state index contributed by atoms with van der Waals surface area (Å²) in [6, 6.07) is 17.2. The van der Waals surface area contributed by atoms with E-state index in [2.05, 4.69) is 14.9 Å². The molecule has 0 bridgehead atoms. The SMILES string of the molecule is COc1cccc([C@@H](CNC(=O)c2ccc(S(=O)(=O)NCc3ccco3)cc2)N2CCCC2)c1. The zero-order valence-electron chi connectivity index (χ0n) is 19.1. The molecule has 0 saturated carbocycles. The first-order chi connectivity index (χ1) is 16.5. The van der Waals surface area contributed by atoms with Crippen molar-refractivity contribution in [3.8, 4) is 5.75 Å². The standard InChI is InChI=1S/C25H29N3O5S/c1-32-21-7-4-6-20(16-21)24(28-13-2-3-14-28)18-26-25(29)19-9-11-23(12-10-19)34(30,31)27-17-22-8-5-15-33-22/h4-12,15-16,24,27H,2-3,13-14,17-18H2,1H3,(H,26,29)/t24-/m1/s1. The lowest BCUT2D eigenvalue weighted by molar-refractivity contribution is 0.0938. The molecule has 1 aliphatic rings. The number of benzene rings is 2. The van der Waals surface area contributed by atoms with E-state index in [1.165, 1.54) is 30.5 Å². The van der Waals surface area contributed by atoms with Gasteiger partial charge in [-0.3, -0.25) is 9.69 Å². The number of furan rings is 1. The van der Waals surface area contributed by atoms with E-state index in [-0.39, 0.29) is 23.4 Å². The topological polar surface area (TPSA) is 101 Å². The number of sulfonamides is 1. The van der Waals surface area contributed by atoms with Crippen molar-refractivity contribution in [2.24, 2.45) is 0 Å². The summed E-state index contributed by atoms with van der Waals surface area (Å²) in [5.74, 6) is 1.05. The fourth-order valence-electron chi connectivity index (χ4n) is 4.10. The van der Waals surface area contributed by atoms with Crippen molar-refractivity contribution in [1.29, 1.82) is 0 Å². The second-order valence-corrected chi connectivity index (χ2v) is 9.94. The van der Waals surface area contributed by atoms with E-state index in [1.807, 2.05) is 24.3 Å². The molecule has 0 unspecified atom stereocenters. The van der Waals surface area contributed by atoms with E-state index >= 15 is 0 Å². The monoisotopic (exact) mass is 483 g/mol. The Balaban J connectivity index is 1.40. The van der Waals surface area contributed by atoms with Crippen LogP contribution in [0.5, 0.6) is 5.75 Å². The summed E-state index contributed by atoms with van der Waals surface area (Å²) >= 11 is 0. The first-order valence-electron chi connectivity index (χ1n) is 11.2. The predicted molar refractivity (Wildman–Crippen MR) is 128 cm³/mol. The third-order valence-electron chi connectivity index (χ3n) is 5.96. The van der Waals surface area contributed by atoms with Crippen LogP contribution < -0.4 is 14.8 Å². The molecule has 0 spiro atoms. The Morgan fingerprint density at radius 1 is 1.09 bits per heavy atom. The minimum Gasteiger partial charge on any atom is -0.497 e. The van der Waals surface area contributed by atoms with Gasteiger partial charge in [-0.25, -0.2) is 13.1 Å². The highest BCUT2D eigenvalue weighted by Crippen LogP contribution is 2.27. The Kier molecular flexibility index (Phi) is 7.66. The molecule has 1 saturated heterocycles. The van der Waals surface area contributed by atoms with Crippen LogP contribution in [0.25, 0.3) is 0 Å². The van der Waals surface area contributed by atoms with E-state index in [0.29, 0.717) is 17.9 Å². The Bertz CT molecular complexity index is 1190. The highest BCUT2D eigenvalue weighted by molar-refractivity contribution is 7.89. The average Bonchev–Trinajstić information content (AvgIpc) is 3.58. The summed E-state index contributed by atoms with van der Waals surface area (Å²) < 4.78 is 38.0. The van der Waals surface area contributed by atoms with Crippen molar-refractivity contribution in [1.82, 2.24) is 14.9 Å². The van der Waals surface area contributed by atoms with Crippen molar-refractivity contribution in [3.63, 3.8) is 0 Å². The molecular weight excluding hydrogens is 454 g/mol. The molecular formula is C25H29N3O5S. The average molecular weight is 484 g/mol. The van der Waals surface area contributed by atoms with Crippen LogP contribution in [0.4, 0.5) is 0 Å². The normalized spacial score (nSPS) is 15.2. The van der Waals surface area contributed by atoms with Crippen molar-refractivity contribution < 1.29 is 22.4 Å². The maximum atomic E-state index is 12.8. The predicted octanol–water partition coefficient (Wildman–Crippen LogP) is 3.33. The van der Waals surface area contributed by atoms with Gasteiger partial charge in [-0.05, 0) is 80.0 Å². The van der Waals surface area contributed by atoms with Crippen LogP contribution in [0, 0.1) is 0 Å². The molecule has 8 nitrogen and oxygen atoms in total. The Morgan fingerprint density at radius 2 is 1.85 bits per heavy atom. The molecule has 2 heterocycles. The van der Waals surface area contributed by atoms with E-state index in [0.717, 1.165) is 37.2 Å². The van der Waals surface area contributed by atoms with Crippen LogP contribution in [0.1, 0.15) is 40.6 Å². The third-order valence-corrected chi connectivity index (χ3v) is 7.38. The van der Waals surface area contributed by atoms with Gasteiger partial charge in [0, 0.05) is 12.1 Å². The number of hydrogen-bond donors (Lipinski definition) is 2. The number of rotatable bonds is 10. The minimum absolute atomic E-state index is 0.0343. The van der Waals surface area contributed by atoms with Gasteiger partial charge >= 0.3 is 0 Å². The maximum absolute atomic E-state index is 12.8. The number of carbonyl (C=O) groups is 1. The molecule has 0 radical (unpaired) electrons. The molecule has 0 aliphatic carbocycles. The summed E-state index contributed by atoms with van der Waals surface area (Å²) in [5.41, 5.74) is 1.49. The summed E-state index contributed by atoms with van der Waals surface area (Å²) in [4.78, 5) is 15.3. The molecule has 1 atom stereocenters. The van der Waals surface area contributed by atoms with Gasteiger partial charge in [0.1, 0.15) is 11.5 Å². The van der Waals surface area contributed by atoms with Gasteiger partial charge in [0.05, 0.1) is 30.9 Å². The smallest absolute Gasteiger partial charge is 0.251 e. The molecule has 1 amide bonds. The second kappa shape index (κ2) is 10.9. The van der Waals surface area contributed by atoms with E-state index in [4.69, 9.17) is 9.15 Å². The molecule has 1 aromatic heterocycles. The first-order valence-corrected chi connectivity index (χ1v) is 12.7. The van der Waals surface area contributed by atoms with Gasteiger partial charge < -0.3 is 14.5 Å². The maximum Gasteiger partial charge on any atom is 0.251 e. The van der Waals surface area contributed by atoms with Gasteiger partial charge in [-0.1, -0.05) is 12.1 Å². The number of likely N-dealkylation sites (tertiary alicyclic amines) is 1. The molecule has 1 aliphatic heterocycles. The lowest BCUT2D eigenvalue weighted by Crippen LogP contribution is -2.36. The fourth-order valence-corrected chi connectivity index (χ4v) is 5.09. The summed E-state index contributed by atoms with van der Waals surface area (Å²) in [7, 11) is -2.08. The van der Waals surface area contributed by atoms with Crippen LogP contribution in [-0.2, 0) is 16.6 Å². The number of amides is 1. The summed E-state index contributed by atoms with van der Waals surface area (Å²) in [6.07, 6.45) is 3.76. The molecule has 9 heteroatoms. The zero-order chi connectivity index (χ0) is 24.0. The second-order valence-electron chi connectivity index (χ2n) is 8.17. The Labute approximate surface area is 200 Å². The molecule has 3 aromatic rings. The van der Waals surface area contributed by atoms with E-state index in [1.54, 1.807) is 19.2 Å². The van der Waals surface area contributed by atoms with Crippen molar-refractivity contribution in [3.05, 3.63) is 83.8 Å². The quantitative estimate of drug-likeness (QED) is 0.459. The van der Waals surface area contributed by atoms with Gasteiger partial charge in [-0.2, -0.15) is 0 Å². The van der Waals surface area contributed by atoms with Gasteiger partial charge in [0.15, 0.2) is 0 Å². The Morgan fingerprint density at radius 3 is 2.53 bits per heavy atom. The van der Waals surface area contributed by atoms with E-state index < -0.39 is 10.0 Å². The van der Waals surface area contributed by atoms with Crippen LogP contribution in [-0.4, -0.2) is 46.0 Å². The molecule has 34 heavy (non-hydrogen) atoms. The number of methoxy groups -OCH3 is 1. The van der Waals surface area contributed by atoms with Crippen LogP contribution >= 0.6 is 0 Å². The highest BCUT2D eigenvalue weighted by atomic mass is 32.2. The zero-order valence-corrected chi connectivity index (χ0v) is 19.9. The molecule has 1 fully saturated rings. The first kappa shape index (κ1) is 24.0. The molecule has 180 valence electrons. The third kappa shape index (κ3) is 5.85. The molecule has 2 aromatic carbocycles. The summed E-state index contributed by atoms with van der Waals surface area (Å²) in [6.45, 7) is 2.46. The number of hydrogen-bond acceptors (Lipinski definition) is 6. The number of ether oxygens (including phenoxy) is 1. The van der Waals surface area contributed by atoms with Crippen LogP contribution in [0.15, 0.2) is 76.2 Å². The lowest BCUT2D eigenvalue weighted by Gasteiger charge is -2.28. The van der Waals surface area contributed by atoms with Crippen LogP contribution in [0.2, 0.25) is 0 Å². The summed E-state index contributed by atoms with van der Waals surface area (Å²) in [5, 5.41) is 3.01.